The van der Waals surface area contributed by atoms with Gasteiger partial charge in [-0.05, 0) is 74.3 Å². The van der Waals surface area contributed by atoms with E-state index in [2.05, 4.69) is 14.5 Å². The number of hydrogen-bond donors (Lipinski definition) is 1. The lowest BCUT2D eigenvalue weighted by molar-refractivity contribution is 0.255. The average molecular weight is 450 g/mol. The van der Waals surface area contributed by atoms with E-state index in [-0.39, 0.29) is 10.7 Å². The Balaban J connectivity index is 1.41. The molecule has 0 unspecified atom stereocenters. The van der Waals surface area contributed by atoms with Crippen LogP contribution in [-0.4, -0.2) is 59.2 Å². The highest BCUT2D eigenvalue weighted by molar-refractivity contribution is 7.89. The smallest absolute Gasteiger partial charge is 0.240 e. The molecule has 2 aromatic carbocycles. The minimum absolute atomic E-state index is 0.222. The summed E-state index contributed by atoms with van der Waals surface area (Å²) < 4.78 is 46.6. The molecular weight excluding hydrogens is 417 g/mol. The number of ether oxygens (including phenoxy) is 1. The molecule has 0 bridgehead atoms. The molecule has 1 N–H and O–H groups in total. The molecule has 0 amide bonds. The Bertz CT molecular complexity index is 943. The molecule has 0 aromatic heterocycles. The maximum Gasteiger partial charge on any atom is 0.240 e. The maximum atomic E-state index is 13.1. The number of anilines is 1. The zero-order valence-corrected chi connectivity index (χ0v) is 19.1. The molecule has 1 fully saturated rings. The summed E-state index contributed by atoms with van der Waals surface area (Å²) in [6.07, 6.45) is 1.65. The van der Waals surface area contributed by atoms with Gasteiger partial charge in [-0.3, -0.25) is 4.90 Å². The monoisotopic (exact) mass is 449 g/mol. The van der Waals surface area contributed by atoms with Gasteiger partial charge in [0, 0.05) is 38.4 Å². The second-order valence-corrected chi connectivity index (χ2v) is 9.60. The van der Waals surface area contributed by atoms with Crippen molar-refractivity contribution in [1.29, 1.82) is 0 Å². The molecular formula is C23H32FN3O3S. The Morgan fingerprint density at radius 1 is 1.06 bits per heavy atom. The molecule has 1 heterocycles. The predicted molar refractivity (Wildman–Crippen MR) is 122 cm³/mol. The van der Waals surface area contributed by atoms with E-state index < -0.39 is 10.0 Å². The largest absolute Gasteiger partial charge is 0.493 e. The van der Waals surface area contributed by atoms with Crippen LogP contribution >= 0.6 is 0 Å². The number of sulfonamides is 1. The molecule has 6 nitrogen and oxygen atoms in total. The molecule has 3 rings (SSSR count). The van der Waals surface area contributed by atoms with Crippen molar-refractivity contribution >= 4 is 15.7 Å². The molecule has 0 spiro atoms. The molecule has 0 radical (unpaired) electrons. The number of rotatable bonds is 10. The lowest BCUT2D eigenvalue weighted by Crippen LogP contribution is -2.47. The van der Waals surface area contributed by atoms with Crippen LogP contribution in [-0.2, 0) is 10.0 Å². The Morgan fingerprint density at radius 3 is 2.42 bits per heavy atom. The van der Waals surface area contributed by atoms with Crippen molar-refractivity contribution in [2.24, 2.45) is 0 Å². The van der Waals surface area contributed by atoms with Gasteiger partial charge in [0.1, 0.15) is 11.6 Å². The van der Waals surface area contributed by atoms with Crippen LogP contribution in [0.1, 0.15) is 25.3 Å². The van der Waals surface area contributed by atoms with E-state index in [9.17, 15) is 12.8 Å². The Kier molecular flexibility index (Phi) is 8.28. The molecule has 0 atom stereocenters. The van der Waals surface area contributed by atoms with E-state index in [1.807, 2.05) is 26.0 Å². The van der Waals surface area contributed by atoms with Crippen LogP contribution in [0.25, 0.3) is 0 Å². The second-order valence-electron chi connectivity index (χ2n) is 7.83. The maximum absolute atomic E-state index is 13.1. The fourth-order valence-electron chi connectivity index (χ4n) is 3.64. The highest BCUT2D eigenvalue weighted by atomic mass is 32.2. The van der Waals surface area contributed by atoms with Gasteiger partial charge in [-0.2, -0.15) is 0 Å². The third-order valence-corrected chi connectivity index (χ3v) is 6.88. The SMILES string of the molecule is CCCOc1ccc(S(=O)(=O)NCCCN2CCN(c3ccc(F)cc3)CC2)cc1C. The quantitative estimate of drug-likeness (QED) is 0.563. The number of benzene rings is 2. The van der Waals surface area contributed by atoms with Gasteiger partial charge in [0.2, 0.25) is 10.0 Å². The van der Waals surface area contributed by atoms with E-state index >= 15 is 0 Å². The van der Waals surface area contributed by atoms with Crippen molar-refractivity contribution in [3.05, 3.63) is 53.8 Å². The van der Waals surface area contributed by atoms with Crippen molar-refractivity contribution in [2.45, 2.75) is 31.6 Å². The molecule has 1 aliphatic rings. The van der Waals surface area contributed by atoms with Crippen LogP contribution < -0.4 is 14.4 Å². The number of halogens is 1. The lowest BCUT2D eigenvalue weighted by atomic mass is 10.2. The van der Waals surface area contributed by atoms with E-state index in [0.717, 1.165) is 62.6 Å². The van der Waals surface area contributed by atoms with Gasteiger partial charge in [-0.15, -0.1) is 0 Å². The molecule has 8 heteroatoms. The van der Waals surface area contributed by atoms with Crippen LogP contribution in [0.2, 0.25) is 0 Å². The predicted octanol–water partition coefficient (Wildman–Crippen LogP) is 3.41. The molecule has 1 saturated heterocycles. The summed E-state index contributed by atoms with van der Waals surface area (Å²) in [5.74, 6) is 0.501. The first-order valence-electron chi connectivity index (χ1n) is 10.8. The van der Waals surface area contributed by atoms with Crippen LogP contribution in [0.3, 0.4) is 0 Å². The molecule has 0 aliphatic carbocycles. The van der Waals surface area contributed by atoms with E-state index in [1.165, 1.54) is 12.1 Å². The minimum Gasteiger partial charge on any atom is -0.493 e. The van der Waals surface area contributed by atoms with E-state index in [1.54, 1.807) is 18.2 Å². The molecule has 170 valence electrons. The van der Waals surface area contributed by atoms with Gasteiger partial charge in [0.15, 0.2) is 0 Å². The number of piperazine rings is 1. The number of nitrogens with zero attached hydrogens (tertiary/aromatic N) is 2. The van der Waals surface area contributed by atoms with Crippen molar-refractivity contribution in [2.75, 3.05) is 50.8 Å². The summed E-state index contributed by atoms with van der Waals surface area (Å²) in [6, 6.07) is 11.6. The van der Waals surface area contributed by atoms with Crippen LogP contribution in [0.15, 0.2) is 47.4 Å². The van der Waals surface area contributed by atoms with Gasteiger partial charge >= 0.3 is 0 Å². The first-order valence-corrected chi connectivity index (χ1v) is 12.3. The molecule has 0 saturated carbocycles. The van der Waals surface area contributed by atoms with E-state index in [4.69, 9.17) is 4.74 Å². The van der Waals surface area contributed by atoms with Crippen molar-refractivity contribution in [3.8, 4) is 5.75 Å². The zero-order valence-electron chi connectivity index (χ0n) is 18.3. The summed E-state index contributed by atoms with van der Waals surface area (Å²) in [7, 11) is -3.53. The van der Waals surface area contributed by atoms with Crippen LogP contribution in [0, 0.1) is 12.7 Å². The number of hydrogen-bond acceptors (Lipinski definition) is 5. The fourth-order valence-corrected chi connectivity index (χ4v) is 4.80. The van der Waals surface area contributed by atoms with Crippen LogP contribution in [0.5, 0.6) is 5.75 Å². The van der Waals surface area contributed by atoms with Crippen LogP contribution in [0.4, 0.5) is 10.1 Å². The van der Waals surface area contributed by atoms with Gasteiger partial charge in [-0.25, -0.2) is 17.5 Å². The average Bonchev–Trinajstić information content (AvgIpc) is 2.77. The molecule has 31 heavy (non-hydrogen) atoms. The van der Waals surface area contributed by atoms with Gasteiger partial charge in [-0.1, -0.05) is 6.92 Å². The Morgan fingerprint density at radius 2 is 1.77 bits per heavy atom. The van der Waals surface area contributed by atoms with E-state index in [0.29, 0.717) is 13.2 Å². The highest BCUT2D eigenvalue weighted by Crippen LogP contribution is 2.22. The van der Waals surface area contributed by atoms with Gasteiger partial charge < -0.3 is 9.64 Å². The fraction of sp³-hybridized carbons (Fsp3) is 0.478. The van der Waals surface area contributed by atoms with Crippen molar-refractivity contribution < 1.29 is 17.5 Å². The number of nitrogens with one attached hydrogen (secondary N) is 1. The normalized spacial score (nSPS) is 15.3. The zero-order chi connectivity index (χ0) is 22.3. The van der Waals surface area contributed by atoms with Crippen molar-refractivity contribution in [3.63, 3.8) is 0 Å². The highest BCUT2D eigenvalue weighted by Gasteiger charge is 2.18. The molecule has 2 aromatic rings. The summed E-state index contributed by atoms with van der Waals surface area (Å²) in [5.41, 5.74) is 1.85. The molecule has 1 aliphatic heterocycles. The Labute approximate surface area is 185 Å². The first-order chi connectivity index (χ1) is 14.9. The standard InChI is InChI=1S/C23H32FN3O3S/c1-3-17-30-23-10-9-22(18-19(23)2)31(28,29)25-11-4-12-26-13-15-27(16-14-26)21-7-5-20(24)6-8-21/h5-10,18,25H,3-4,11-17H2,1-2H3. The van der Waals surface area contributed by atoms with Gasteiger partial charge in [0.25, 0.3) is 0 Å². The first kappa shape index (κ1) is 23.5. The van der Waals surface area contributed by atoms with Crippen molar-refractivity contribution in [1.82, 2.24) is 9.62 Å². The summed E-state index contributed by atoms with van der Waals surface area (Å²) in [6.45, 7) is 9.30. The summed E-state index contributed by atoms with van der Waals surface area (Å²) in [4.78, 5) is 4.84. The summed E-state index contributed by atoms with van der Waals surface area (Å²) >= 11 is 0. The van der Waals surface area contributed by atoms with Gasteiger partial charge in [0.05, 0.1) is 11.5 Å². The summed E-state index contributed by atoms with van der Waals surface area (Å²) in [5, 5.41) is 0. The third-order valence-electron chi connectivity index (χ3n) is 5.43. The second kappa shape index (κ2) is 10.9. The lowest BCUT2D eigenvalue weighted by Gasteiger charge is -2.36. The topological polar surface area (TPSA) is 61.9 Å². The third kappa shape index (κ3) is 6.66. The Hall–Kier alpha value is -2.16. The number of aryl methyl sites for hydroxylation is 1. The minimum atomic E-state index is -3.53.